The summed E-state index contributed by atoms with van der Waals surface area (Å²) in [6, 6.07) is 5.45. The van der Waals surface area contributed by atoms with E-state index >= 15 is 0 Å². The molecular weight excluding hydrogens is 314 g/mol. The molecule has 23 heavy (non-hydrogen) atoms. The van der Waals surface area contributed by atoms with E-state index in [9.17, 15) is 13.5 Å². The maximum Gasteiger partial charge on any atom is 0.240 e. The number of fused-ring (bicyclic) bond motifs is 1. The summed E-state index contributed by atoms with van der Waals surface area (Å²) in [5, 5.41) is 9.68. The van der Waals surface area contributed by atoms with E-state index in [0.29, 0.717) is 31.0 Å². The number of rotatable bonds is 5. The number of aliphatic hydroxyl groups is 1. The molecule has 1 aliphatic heterocycles. The maximum atomic E-state index is 12.6. The van der Waals surface area contributed by atoms with Crippen molar-refractivity contribution in [1.82, 2.24) is 4.72 Å². The molecule has 0 bridgehead atoms. The van der Waals surface area contributed by atoms with Crippen molar-refractivity contribution in [2.45, 2.75) is 43.4 Å². The van der Waals surface area contributed by atoms with E-state index in [-0.39, 0.29) is 13.2 Å². The third-order valence-corrected chi connectivity index (χ3v) is 6.56. The van der Waals surface area contributed by atoms with Crippen LogP contribution in [0.4, 0.5) is 0 Å². The highest BCUT2D eigenvalue weighted by Crippen LogP contribution is 2.30. The van der Waals surface area contributed by atoms with Gasteiger partial charge in [-0.1, -0.05) is 6.07 Å². The van der Waals surface area contributed by atoms with Crippen LogP contribution in [0.2, 0.25) is 0 Å². The third-order valence-electron chi connectivity index (χ3n) is 5.16. The molecule has 0 spiro atoms. The molecule has 1 fully saturated rings. The van der Waals surface area contributed by atoms with E-state index in [4.69, 9.17) is 4.74 Å². The van der Waals surface area contributed by atoms with Crippen LogP contribution in [0.5, 0.6) is 0 Å². The van der Waals surface area contributed by atoms with Crippen molar-refractivity contribution >= 4 is 10.0 Å². The summed E-state index contributed by atoms with van der Waals surface area (Å²) in [7, 11) is -3.54. The normalized spacial score (nSPS) is 20.9. The van der Waals surface area contributed by atoms with E-state index in [0.717, 1.165) is 24.8 Å². The summed E-state index contributed by atoms with van der Waals surface area (Å²) in [5.41, 5.74) is 2.02. The van der Waals surface area contributed by atoms with Gasteiger partial charge in [-0.15, -0.1) is 0 Å². The predicted molar refractivity (Wildman–Crippen MR) is 87.8 cm³/mol. The number of aliphatic hydroxyl groups excluding tert-OH is 1. The number of hydrogen-bond donors (Lipinski definition) is 2. The topological polar surface area (TPSA) is 75.6 Å². The van der Waals surface area contributed by atoms with Crippen molar-refractivity contribution in [3.8, 4) is 0 Å². The molecule has 3 rings (SSSR count). The summed E-state index contributed by atoms with van der Waals surface area (Å²) in [6.07, 6.45) is 5.65. The fraction of sp³-hybridized carbons (Fsp3) is 0.647. The zero-order valence-electron chi connectivity index (χ0n) is 13.4. The Balaban J connectivity index is 1.73. The van der Waals surface area contributed by atoms with Crippen molar-refractivity contribution in [2.75, 3.05) is 26.4 Å². The van der Waals surface area contributed by atoms with E-state index in [2.05, 4.69) is 4.72 Å². The lowest BCUT2D eigenvalue weighted by atomic mass is 9.81. The van der Waals surface area contributed by atoms with Crippen molar-refractivity contribution in [3.63, 3.8) is 0 Å². The molecule has 0 aromatic heterocycles. The van der Waals surface area contributed by atoms with Gasteiger partial charge in [-0.2, -0.15) is 0 Å². The van der Waals surface area contributed by atoms with E-state index < -0.39 is 15.4 Å². The number of hydrogen-bond acceptors (Lipinski definition) is 4. The van der Waals surface area contributed by atoms with Crippen molar-refractivity contribution in [1.29, 1.82) is 0 Å². The van der Waals surface area contributed by atoms with Gasteiger partial charge in [-0.25, -0.2) is 13.1 Å². The minimum atomic E-state index is -3.54. The van der Waals surface area contributed by atoms with Crippen LogP contribution in [-0.4, -0.2) is 39.9 Å². The Morgan fingerprint density at radius 1 is 1.13 bits per heavy atom. The summed E-state index contributed by atoms with van der Waals surface area (Å²) in [6.45, 7) is 1.37. The second-order valence-electron chi connectivity index (χ2n) is 6.73. The highest BCUT2D eigenvalue weighted by molar-refractivity contribution is 7.89. The average molecular weight is 339 g/mol. The molecule has 0 radical (unpaired) electrons. The lowest BCUT2D eigenvalue weighted by Crippen LogP contribution is -2.43. The van der Waals surface area contributed by atoms with Gasteiger partial charge in [0, 0.05) is 25.2 Å². The molecule has 0 unspecified atom stereocenters. The van der Waals surface area contributed by atoms with Crippen LogP contribution in [0.3, 0.4) is 0 Å². The molecule has 128 valence electrons. The molecule has 6 heteroatoms. The molecule has 1 aromatic rings. The molecule has 1 aromatic carbocycles. The van der Waals surface area contributed by atoms with Crippen LogP contribution in [0, 0.1) is 5.41 Å². The Bertz CT molecular complexity index is 651. The van der Waals surface area contributed by atoms with Gasteiger partial charge in [-0.05, 0) is 61.8 Å². The Morgan fingerprint density at radius 2 is 1.83 bits per heavy atom. The lowest BCUT2D eigenvalue weighted by molar-refractivity contribution is -0.0126. The van der Waals surface area contributed by atoms with Crippen LogP contribution in [0.15, 0.2) is 23.1 Å². The van der Waals surface area contributed by atoms with Gasteiger partial charge in [0.25, 0.3) is 0 Å². The van der Waals surface area contributed by atoms with Gasteiger partial charge in [0.15, 0.2) is 0 Å². The van der Waals surface area contributed by atoms with Gasteiger partial charge < -0.3 is 9.84 Å². The molecular formula is C17H25NO4S. The molecule has 1 heterocycles. The number of aryl methyl sites for hydroxylation is 2. The lowest BCUT2D eigenvalue weighted by Gasteiger charge is -2.35. The Morgan fingerprint density at radius 3 is 2.52 bits per heavy atom. The molecule has 2 aliphatic rings. The molecule has 1 saturated heterocycles. The number of nitrogens with one attached hydrogen (secondary N) is 1. The van der Waals surface area contributed by atoms with Gasteiger partial charge in [0.05, 0.1) is 11.5 Å². The summed E-state index contributed by atoms with van der Waals surface area (Å²) < 4.78 is 33.2. The van der Waals surface area contributed by atoms with Gasteiger partial charge >= 0.3 is 0 Å². The van der Waals surface area contributed by atoms with Crippen molar-refractivity contribution in [2.24, 2.45) is 5.41 Å². The first-order valence-corrected chi connectivity index (χ1v) is 9.83. The quantitative estimate of drug-likeness (QED) is 0.855. The molecule has 1 aliphatic carbocycles. The van der Waals surface area contributed by atoms with Crippen molar-refractivity contribution < 1.29 is 18.3 Å². The fourth-order valence-electron chi connectivity index (χ4n) is 3.40. The SMILES string of the molecule is O=S(=O)(NCC1(CO)CCOCC1)c1ccc2c(c1)CCCC2. The van der Waals surface area contributed by atoms with Crippen LogP contribution in [0.1, 0.15) is 36.8 Å². The van der Waals surface area contributed by atoms with Crippen LogP contribution >= 0.6 is 0 Å². The predicted octanol–water partition coefficient (Wildman–Crippen LogP) is 1.63. The largest absolute Gasteiger partial charge is 0.396 e. The molecule has 0 saturated carbocycles. The second-order valence-corrected chi connectivity index (χ2v) is 8.50. The number of benzene rings is 1. The summed E-state index contributed by atoms with van der Waals surface area (Å²) in [5.74, 6) is 0. The maximum absolute atomic E-state index is 12.6. The first-order chi connectivity index (χ1) is 11.0. The average Bonchev–Trinajstić information content (AvgIpc) is 2.60. The fourth-order valence-corrected chi connectivity index (χ4v) is 4.61. The van der Waals surface area contributed by atoms with Crippen LogP contribution in [-0.2, 0) is 27.6 Å². The molecule has 0 amide bonds. The zero-order valence-corrected chi connectivity index (χ0v) is 14.2. The number of ether oxygens (including phenoxy) is 1. The summed E-state index contributed by atoms with van der Waals surface area (Å²) >= 11 is 0. The monoisotopic (exact) mass is 339 g/mol. The smallest absolute Gasteiger partial charge is 0.240 e. The highest BCUT2D eigenvalue weighted by atomic mass is 32.2. The van der Waals surface area contributed by atoms with Gasteiger partial charge in [0.2, 0.25) is 10.0 Å². The Labute approximate surface area is 138 Å². The van der Waals surface area contributed by atoms with E-state index in [1.165, 1.54) is 12.0 Å². The van der Waals surface area contributed by atoms with Crippen molar-refractivity contribution in [3.05, 3.63) is 29.3 Å². The highest BCUT2D eigenvalue weighted by Gasteiger charge is 2.33. The zero-order chi connectivity index (χ0) is 16.3. The Kier molecular flexibility index (Phi) is 5.06. The van der Waals surface area contributed by atoms with E-state index in [1.807, 2.05) is 12.1 Å². The van der Waals surface area contributed by atoms with Crippen LogP contribution in [0.25, 0.3) is 0 Å². The number of sulfonamides is 1. The second kappa shape index (κ2) is 6.89. The minimum Gasteiger partial charge on any atom is -0.396 e. The molecule has 5 nitrogen and oxygen atoms in total. The molecule has 0 atom stereocenters. The first-order valence-electron chi connectivity index (χ1n) is 8.35. The van der Waals surface area contributed by atoms with Crippen LogP contribution < -0.4 is 4.72 Å². The van der Waals surface area contributed by atoms with E-state index in [1.54, 1.807) is 6.07 Å². The Hall–Kier alpha value is -0.950. The summed E-state index contributed by atoms with van der Waals surface area (Å²) in [4.78, 5) is 0.332. The standard InChI is InChI=1S/C17H25NO4S/c19-13-17(7-9-22-10-8-17)12-18-23(20,21)16-6-5-14-3-1-2-4-15(14)11-16/h5-6,11,18-19H,1-4,7-10,12-13H2. The first kappa shape index (κ1) is 16.9. The molecule has 2 N–H and O–H groups in total. The van der Waals surface area contributed by atoms with Gasteiger partial charge in [0.1, 0.15) is 0 Å². The minimum absolute atomic E-state index is 0.0247. The third kappa shape index (κ3) is 3.76. The van der Waals surface area contributed by atoms with Gasteiger partial charge in [-0.3, -0.25) is 0 Å².